The lowest BCUT2D eigenvalue weighted by molar-refractivity contribution is -0.143. The molecule has 0 bridgehead atoms. The third-order valence-electron chi connectivity index (χ3n) is 4.63. The Morgan fingerprint density at radius 3 is 1.97 bits per heavy atom. The third kappa shape index (κ3) is 13.3. The fourth-order valence-electron chi connectivity index (χ4n) is 2.68. The van der Waals surface area contributed by atoms with E-state index in [1.807, 2.05) is 6.26 Å². The summed E-state index contributed by atoms with van der Waals surface area (Å²) in [6.45, 7) is 0.370. The molecule has 0 aliphatic carbocycles. The Balaban J connectivity index is 5.25. The van der Waals surface area contributed by atoms with Crippen LogP contribution in [0.5, 0.6) is 0 Å². The summed E-state index contributed by atoms with van der Waals surface area (Å²) in [5, 5.41) is 25.5. The van der Waals surface area contributed by atoms with Crippen LogP contribution in [-0.2, 0) is 24.0 Å². The highest BCUT2D eigenvalue weighted by Crippen LogP contribution is 2.05. The Kier molecular flexibility index (Phi) is 16.4. The Hall–Kier alpha value is -2.03. The van der Waals surface area contributed by atoms with Gasteiger partial charge in [0.1, 0.15) is 18.1 Å². The number of thioether (sulfide) groups is 1. The van der Waals surface area contributed by atoms with Gasteiger partial charge >= 0.3 is 11.9 Å². The molecule has 4 atom stereocenters. The second-order valence-electron chi connectivity index (χ2n) is 7.31. The van der Waals surface area contributed by atoms with Gasteiger partial charge in [-0.15, -0.1) is 0 Å². The molecule has 0 saturated heterocycles. The number of hydrogen-bond donors (Lipinski definition) is 8. The van der Waals surface area contributed by atoms with Crippen molar-refractivity contribution in [2.45, 2.75) is 62.7 Å². The average Bonchev–Trinajstić information content (AvgIpc) is 2.76. The van der Waals surface area contributed by atoms with Crippen LogP contribution in [0.1, 0.15) is 38.5 Å². The molecule has 0 aliphatic rings. The first-order valence-electron chi connectivity index (χ1n) is 10.5. The zero-order chi connectivity index (χ0) is 25.4. The molecule has 9 N–H and O–H groups in total. The number of aliphatic carboxylic acids is 2. The fraction of sp³-hybridized carbons (Fsp3) is 0.737. The number of carbonyl (C=O) groups is 5. The normalized spacial score (nSPS) is 14.4. The van der Waals surface area contributed by atoms with Crippen molar-refractivity contribution in [1.82, 2.24) is 16.0 Å². The van der Waals surface area contributed by atoms with Gasteiger partial charge < -0.3 is 37.6 Å². The summed E-state index contributed by atoms with van der Waals surface area (Å²) in [5.41, 5.74) is 11.2. The average molecular weight is 510 g/mol. The van der Waals surface area contributed by atoms with Gasteiger partial charge in [0.25, 0.3) is 0 Å². The van der Waals surface area contributed by atoms with E-state index < -0.39 is 60.2 Å². The minimum Gasteiger partial charge on any atom is -0.481 e. The molecule has 12 nitrogen and oxygen atoms in total. The van der Waals surface area contributed by atoms with Gasteiger partial charge in [-0.1, -0.05) is 0 Å². The predicted molar refractivity (Wildman–Crippen MR) is 128 cm³/mol. The molecule has 3 amide bonds. The van der Waals surface area contributed by atoms with E-state index in [0.717, 1.165) is 0 Å². The van der Waals surface area contributed by atoms with Gasteiger partial charge in [-0.05, 0) is 50.7 Å². The van der Waals surface area contributed by atoms with Crippen LogP contribution < -0.4 is 27.4 Å². The van der Waals surface area contributed by atoms with E-state index in [1.165, 1.54) is 11.8 Å². The number of nitrogens with two attached hydrogens (primary N) is 2. The zero-order valence-corrected chi connectivity index (χ0v) is 20.3. The van der Waals surface area contributed by atoms with Gasteiger partial charge in [-0.25, -0.2) is 4.79 Å². The Morgan fingerprint density at radius 1 is 0.879 bits per heavy atom. The molecular formula is C19H35N5O7S2. The first kappa shape index (κ1) is 31.0. The highest BCUT2D eigenvalue weighted by molar-refractivity contribution is 7.98. The lowest BCUT2D eigenvalue weighted by Gasteiger charge is -2.24. The number of carboxylic acids is 2. The summed E-state index contributed by atoms with van der Waals surface area (Å²) in [7, 11) is 0. The van der Waals surface area contributed by atoms with Crippen LogP contribution in [0.2, 0.25) is 0 Å². The quantitative estimate of drug-likeness (QED) is 0.0793. The van der Waals surface area contributed by atoms with Gasteiger partial charge in [0.05, 0.1) is 6.04 Å². The van der Waals surface area contributed by atoms with Gasteiger partial charge in [0, 0.05) is 12.2 Å². The first-order chi connectivity index (χ1) is 15.6. The largest absolute Gasteiger partial charge is 0.481 e. The van der Waals surface area contributed by atoms with Crippen molar-refractivity contribution in [1.29, 1.82) is 0 Å². The Labute approximate surface area is 202 Å². The topological polar surface area (TPSA) is 214 Å². The maximum Gasteiger partial charge on any atom is 0.326 e. The number of unbranched alkanes of at least 4 members (excludes halogenated alkanes) is 1. The molecule has 0 fully saturated rings. The molecule has 14 heteroatoms. The van der Waals surface area contributed by atoms with Crippen LogP contribution >= 0.6 is 24.4 Å². The van der Waals surface area contributed by atoms with Crippen molar-refractivity contribution in [2.24, 2.45) is 11.5 Å². The molecule has 33 heavy (non-hydrogen) atoms. The van der Waals surface area contributed by atoms with E-state index in [0.29, 0.717) is 31.6 Å². The van der Waals surface area contributed by atoms with Crippen molar-refractivity contribution in [3.63, 3.8) is 0 Å². The summed E-state index contributed by atoms with van der Waals surface area (Å²) in [6, 6.07) is -4.50. The van der Waals surface area contributed by atoms with Crippen LogP contribution in [0.3, 0.4) is 0 Å². The number of carboxylic acid groups (broad SMARTS) is 2. The summed E-state index contributed by atoms with van der Waals surface area (Å²) < 4.78 is 0. The van der Waals surface area contributed by atoms with E-state index >= 15 is 0 Å². The molecule has 0 aromatic carbocycles. The lowest BCUT2D eigenvalue weighted by atomic mass is 10.1. The lowest BCUT2D eigenvalue weighted by Crippen LogP contribution is -2.57. The highest BCUT2D eigenvalue weighted by Gasteiger charge is 2.30. The van der Waals surface area contributed by atoms with E-state index in [-0.39, 0.29) is 18.6 Å². The molecular weight excluding hydrogens is 474 g/mol. The molecule has 0 rings (SSSR count). The van der Waals surface area contributed by atoms with Crippen LogP contribution in [0.15, 0.2) is 0 Å². The van der Waals surface area contributed by atoms with Crippen LogP contribution in [-0.4, -0.2) is 88.3 Å². The second kappa shape index (κ2) is 17.4. The second-order valence-corrected chi connectivity index (χ2v) is 8.66. The molecule has 190 valence electrons. The predicted octanol–water partition coefficient (Wildman–Crippen LogP) is -1.47. The number of rotatable bonds is 18. The standard InChI is InChI=1S/C19H35N5O7S2/c1-33-9-7-11(21)16(27)24-14(10-32)18(29)22-12(5-6-15(25)26)17(28)23-13(19(30)31)4-2-3-8-20/h11-14,32H,2-10,20-21H2,1H3,(H,22,29)(H,23,28)(H,24,27)(H,25,26)(H,30,31)/t11-,12-,13-,14-/m0/s1. The summed E-state index contributed by atoms with van der Waals surface area (Å²) in [5.74, 6) is -4.07. The fourth-order valence-corrected chi connectivity index (χ4v) is 3.43. The molecule has 0 aromatic heterocycles. The van der Waals surface area contributed by atoms with Gasteiger partial charge in [-0.3, -0.25) is 19.2 Å². The molecule has 0 heterocycles. The molecule has 0 spiro atoms. The Bertz CT molecular complexity index is 668. The summed E-state index contributed by atoms with van der Waals surface area (Å²) >= 11 is 5.57. The molecule has 0 saturated carbocycles. The minimum atomic E-state index is -1.32. The highest BCUT2D eigenvalue weighted by atomic mass is 32.2. The van der Waals surface area contributed by atoms with Crippen LogP contribution in [0, 0.1) is 0 Å². The third-order valence-corrected chi connectivity index (χ3v) is 5.64. The maximum atomic E-state index is 12.7. The van der Waals surface area contributed by atoms with E-state index in [9.17, 15) is 29.1 Å². The number of thiol groups is 1. The SMILES string of the molecule is CSCC[C@H](N)C(=O)N[C@@H](CS)C(=O)N[C@@H](CCC(=O)O)C(=O)N[C@@H](CCCCN)C(=O)O. The Morgan fingerprint density at radius 2 is 1.45 bits per heavy atom. The van der Waals surface area contributed by atoms with Crippen molar-refractivity contribution < 1.29 is 34.2 Å². The molecule has 0 unspecified atom stereocenters. The maximum absolute atomic E-state index is 12.7. The zero-order valence-electron chi connectivity index (χ0n) is 18.6. The van der Waals surface area contributed by atoms with Crippen molar-refractivity contribution >= 4 is 54.1 Å². The number of nitrogens with one attached hydrogen (secondary N) is 3. The van der Waals surface area contributed by atoms with Crippen LogP contribution in [0.25, 0.3) is 0 Å². The smallest absolute Gasteiger partial charge is 0.326 e. The summed E-state index contributed by atoms with van der Waals surface area (Å²) in [6.07, 6.45) is 2.71. The van der Waals surface area contributed by atoms with Crippen LogP contribution in [0.4, 0.5) is 0 Å². The molecule has 0 aliphatic heterocycles. The van der Waals surface area contributed by atoms with Gasteiger partial charge in [0.15, 0.2) is 0 Å². The first-order valence-corrected chi connectivity index (χ1v) is 12.5. The van der Waals surface area contributed by atoms with E-state index in [1.54, 1.807) is 0 Å². The van der Waals surface area contributed by atoms with E-state index in [2.05, 4.69) is 28.6 Å². The van der Waals surface area contributed by atoms with Crippen molar-refractivity contribution in [3.05, 3.63) is 0 Å². The molecule has 0 aromatic rings. The van der Waals surface area contributed by atoms with Crippen molar-refractivity contribution in [2.75, 3.05) is 24.3 Å². The van der Waals surface area contributed by atoms with Gasteiger partial charge in [0.2, 0.25) is 17.7 Å². The molecule has 0 radical (unpaired) electrons. The van der Waals surface area contributed by atoms with Crippen molar-refractivity contribution in [3.8, 4) is 0 Å². The number of hydrogen-bond acceptors (Lipinski definition) is 9. The number of carbonyl (C=O) groups excluding carboxylic acids is 3. The monoisotopic (exact) mass is 509 g/mol. The van der Waals surface area contributed by atoms with Gasteiger partial charge in [-0.2, -0.15) is 24.4 Å². The number of amides is 3. The van der Waals surface area contributed by atoms with E-state index in [4.69, 9.17) is 16.6 Å². The minimum absolute atomic E-state index is 0.100. The summed E-state index contributed by atoms with van der Waals surface area (Å²) in [4.78, 5) is 60.0.